The standard InChI is InChI=1S/C16H25NO4S/c1-12(2)21-9-5-8-17-16(18)11-22-13-6-7-14(19-3)15(10-13)20-4/h6-7,10,12H,5,8-9,11H2,1-4H3,(H,17,18). The summed E-state index contributed by atoms with van der Waals surface area (Å²) >= 11 is 1.47. The number of rotatable bonds is 10. The zero-order chi connectivity index (χ0) is 16.4. The highest BCUT2D eigenvalue weighted by Gasteiger charge is 2.07. The molecular formula is C16H25NO4S. The molecule has 0 spiro atoms. The molecule has 0 atom stereocenters. The van der Waals surface area contributed by atoms with Crippen molar-refractivity contribution in [2.24, 2.45) is 0 Å². The molecule has 1 aromatic rings. The van der Waals surface area contributed by atoms with Crippen LogP contribution in [0.1, 0.15) is 20.3 Å². The maximum Gasteiger partial charge on any atom is 0.230 e. The molecule has 0 heterocycles. The van der Waals surface area contributed by atoms with E-state index >= 15 is 0 Å². The van der Waals surface area contributed by atoms with Crippen molar-refractivity contribution in [2.45, 2.75) is 31.3 Å². The Bertz CT molecular complexity index is 465. The fraction of sp³-hybridized carbons (Fsp3) is 0.562. The Kier molecular flexibility index (Phi) is 8.77. The van der Waals surface area contributed by atoms with Gasteiger partial charge in [0.15, 0.2) is 11.5 Å². The van der Waals surface area contributed by atoms with Gasteiger partial charge in [0.05, 0.1) is 26.1 Å². The molecule has 0 unspecified atom stereocenters. The van der Waals surface area contributed by atoms with Gasteiger partial charge in [-0.15, -0.1) is 11.8 Å². The molecule has 0 aromatic heterocycles. The number of thioether (sulfide) groups is 1. The lowest BCUT2D eigenvalue weighted by Crippen LogP contribution is -2.27. The molecule has 0 saturated carbocycles. The fourth-order valence-corrected chi connectivity index (χ4v) is 2.48. The lowest BCUT2D eigenvalue weighted by Gasteiger charge is -2.10. The molecule has 0 saturated heterocycles. The molecule has 0 fully saturated rings. The number of nitrogens with one attached hydrogen (secondary N) is 1. The Hall–Kier alpha value is -1.40. The van der Waals surface area contributed by atoms with Gasteiger partial charge in [0.25, 0.3) is 0 Å². The van der Waals surface area contributed by atoms with Crippen LogP contribution in [0.25, 0.3) is 0 Å². The number of ether oxygens (including phenoxy) is 3. The largest absolute Gasteiger partial charge is 0.493 e. The normalized spacial score (nSPS) is 10.6. The average molecular weight is 327 g/mol. The van der Waals surface area contributed by atoms with Gasteiger partial charge in [-0.1, -0.05) is 0 Å². The highest BCUT2D eigenvalue weighted by Crippen LogP contribution is 2.31. The van der Waals surface area contributed by atoms with E-state index in [1.54, 1.807) is 14.2 Å². The zero-order valence-electron chi connectivity index (χ0n) is 13.7. The van der Waals surface area contributed by atoms with Crippen LogP contribution < -0.4 is 14.8 Å². The molecule has 1 N–H and O–H groups in total. The topological polar surface area (TPSA) is 56.8 Å². The first-order valence-corrected chi connectivity index (χ1v) is 8.28. The van der Waals surface area contributed by atoms with Gasteiger partial charge < -0.3 is 19.5 Å². The number of methoxy groups -OCH3 is 2. The molecule has 22 heavy (non-hydrogen) atoms. The Labute approximate surface area is 136 Å². The number of hydrogen-bond acceptors (Lipinski definition) is 5. The van der Waals surface area contributed by atoms with Crippen molar-refractivity contribution < 1.29 is 19.0 Å². The molecule has 0 aliphatic heterocycles. The van der Waals surface area contributed by atoms with Crippen LogP contribution in [0.2, 0.25) is 0 Å². The lowest BCUT2D eigenvalue weighted by molar-refractivity contribution is -0.118. The van der Waals surface area contributed by atoms with Crippen molar-refractivity contribution in [3.8, 4) is 11.5 Å². The summed E-state index contributed by atoms with van der Waals surface area (Å²) in [5.41, 5.74) is 0. The van der Waals surface area contributed by atoms with E-state index < -0.39 is 0 Å². The minimum absolute atomic E-state index is 0.0179. The number of benzene rings is 1. The second-order valence-electron chi connectivity index (χ2n) is 4.93. The summed E-state index contributed by atoms with van der Waals surface area (Å²) in [6, 6.07) is 5.62. The van der Waals surface area contributed by atoms with Crippen LogP contribution in [0.3, 0.4) is 0 Å². The summed E-state index contributed by atoms with van der Waals surface area (Å²) < 4.78 is 15.8. The Morgan fingerprint density at radius 3 is 2.59 bits per heavy atom. The van der Waals surface area contributed by atoms with E-state index in [1.807, 2.05) is 32.0 Å². The lowest BCUT2D eigenvalue weighted by atomic mass is 10.3. The second-order valence-corrected chi connectivity index (χ2v) is 5.98. The predicted molar refractivity (Wildman–Crippen MR) is 89.0 cm³/mol. The van der Waals surface area contributed by atoms with Crippen LogP contribution >= 0.6 is 11.8 Å². The summed E-state index contributed by atoms with van der Waals surface area (Å²) in [6.45, 7) is 5.30. The van der Waals surface area contributed by atoms with E-state index in [0.717, 1.165) is 11.3 Å². The molecule has 0 aliphatic rings. The molecule has 0 bridgehead atoms. The first kappa shape index (κ1) is 18.6. The molecule has 1 rings (SSSR count). The Balaban J connectivity index is 2.29. The molecule has 0 radical (unpaired) electrons. The van der Waals surface area contributed by atoms with Gasteiger partial charge >= 0.3 is 0 Å². The summed E-state index contributed by atoms with van der Waals surface area (Å²) in [5, 5.41) is 2.88. The zero-order valence-corrected chi connectivity index (χ0v) is 14.5. The minimum atomic E-state index is 0.0179. The van der Waals surface area contributed by atoms with Crippen molar-refractivity contribution in [3.63, 3.8) is 0 Å². The third-order valence-electron chi connectivity index (χ3n) is 2.82. The van der Waals surface area contributed by atoms with Crippen LogP contribution in [-0.2, 0) is 9.53 Å². The highest BCUT2D eigenvalue weighted by molar-refractivity contribution is 8.00. The molecule has 1 amide bonds. The monoisotopic (exact) mass is 327 g/mol. The van der Waals surface area contributed by atoms with Crippen LogP contribution in [-0.4, -0.2) is 45.1 Å². The fourth-order valence-electron chi connectivity index (χ4n) is 1.73. The molecule has 5 nitrogen and oxygen atoms in total. The number of carbonyl (C=O) groups excluding carboxylic acids is 1. The first-order chi connectivity index (χ1) is 10.6. The molecule has 0 aliphatic carbocycles. The van der Waals surface area contributed by atoms with Gasteiger partial charge in [-0.2, -0.15) is 0 Å². The van der Waals surface area contributed by atoms with Gasteiger partial charge in [0, 0.05) is 18.0 Å². The van der Waals surface area contributed by atoms with E-state index in [2.05, 4.69) is 5.32 Å². The van der Waals surface area contributed by atoms with Crippen LogP contribution in [0.4, 0.5) is 0 Å². The van der Waals surface area contributed by atoms with E-state index in [0.29, 0.717) is 30.4 Å². The first-order valence-electron chi connectivity index (χ1n) is 7.30. The van der Waals surface area contributed by atoms with Gasteiger partial charge in [0.1, 0.15) is 0 Å². The van der Waals surface area contributed by atoms with E-state index in [-0.39, 0.29) is 12.0 Å². The molecule has 6 heteroatoms. The van der Waals surface area contributed by atoms with Crippen molar-refractivity contribution in [3.05, 3.63) is 18.2 Å². The summed E-state index contributed by atoms with van der Waals surface area (Å²) in [5.74, 6) is 1.74. The summed E-state index contributed by atoms with van der Waals surface area (Å²) in [4.78, 5) is 12.7. The summed E-state index contributed by atoms with van der Waals surface area (Å²) in [7, 11) is 3.19. The van der Waals surface area contributed by atoms with Gasteiger partial charge in [-0.05, 0) is 38.5 Å². The molecule has 124 valence electrons. The van der Waals surface area contributed by atoms with Crippen LogP contribution in [0.5, 0.6) is 11.5 Å². The third kappa shape index (κ3) is 7.04. The van der Waals surface area contributed by atoms with Gasteiger partial charge in [0.2, 0.25) is 5.91 Å². The molecular weight excluding hydrogens is 302 g/mol. The Morgan fingerprint density at radius 2 is 1.95 bits per heavy atom. The van der Waals surface area contributed by atoms with E-state index in [9.17, 15) is 4.79 Å². The van der Waals surface area contributed by atoms with Crippen LogP contribution in [0.15, 0.2) is 23.1 Å². The Morgan fingerprint density at radius 1 is 1.23 bits per heavy atom. The quantitative estimate of drug-likeness (QED) is 0.529. The SMILES string of the molecule is COc1ccc(SCC(=O)NCCCOC(C)C)cc1OC. The average Bonchev–Trinajstić information content (AvgIpc) is 2.51. The van der Waals surface area contributed by atoms with Gasteiger partial charge in [-0.25, -0.2) is 0 Å². The van der Waals surface area contributed by atoms with Gasteiger partial charge in [-0.3, -0.25) is 4.79 Å². The van der Waals surface area contributed by atoms with Crippen molar-refractivity contribution >= 4 is 17.7 Å². The third-order valence-corrected chi connectivity index (χ3v) is 3.81. The smallest absolute Gasteiger partial charge is 0.230 e. The summed E-state index contributed by atoms with van der Waals surface area (Å²) in [6.07, 6.45) is 1.06. The van der Waals surface area contributed by atoms with Crippen molar-refractivity contribution in [1.82, 2.24) is 5.32 Å². The number of hydrogen-bond donors (Lipinski definition) is 1. The van der Waals surface area contributed by atoms with E-state index in [1.165, 1.54) is 11.8 Å². The maximum atomic E-state index is 11.8. The number of carbonyl (C=O) groups is 1. The minimum Gasteiger partial charge on any atom is -0.493 e. The molecule has 1 aromatic carbocycles. The predicted octanol–water partition coefficient (Wildman–Crippen LogP) is 2.73. The maximum absolute atomic E-state index is 11.8. The number of amides is 1. The highest BCUT2D eigenvalue weighted by atomic mass is 32.2. The van der Waals surface area contributed by atoms with Crippen molar-refractivity contribution in [2.75, 3.05) is 33.1 Å². The van der Waals surface area contributed by atoms with Crippen molar-refractivity contribution in [1.29, 1.82) is 0 Å². The van der Waals surface area contributed by atoms with E-state index in [4.69, 9.17) is 14.2 Å². The van der Waals surface area contributed by atoms with Crippen LogP contribution in [0, 0.1) is 0 Å². The second kappa shape index (κ2) is 10.3.